The Kier molecular flexibility index (Phi) is 4.81. The van der Waals surface area contributed by atoms with Gasteiger partial charge in [-0.25, -0.2) is 4.39 Å². The smallest absolute Gasteiger partial charge is 0.141 e. The van der Waals surface area contributed by atoms with E-state index >= 15 is 0 Å². The normalized spacial score (nSPS) is 12.4. The van der Waals surface area contributed by atoms with Crippen LogP contribution in [0.2, 0.25) is 10.0 Å². The molecule has 0 aromatic heterocycles. The van der Waals surface area contributed by atoms with Crippen LogP contribution in [0.25, 0.3) is 0 Å². The van der Waals surface area contributed by atoms with E-state index < -0.39 is 5.82 Å². The van der Waals surface area contributed by atoms with Gasteiger partial charge in [0.2, 0.25) is 0 Å². The molecule has 0 bridgehead atoms. The molecular formula is C15H13Cl2FO. The van der Waals surface area contributed by atoms with Crippen molar-refractivity contribution in [2.24, 2.45) is 0 Å². The first-order valence-corrected chi connectivity index (χ1v) is 6.66. The number of rotatable bonds is 4. The Balaban J connectivity index is 2.18. The lowest BCUT2D eigenvalue weighted by molar-refractivity contribution is 0.264. The largest absolute Gasteiger partial charge is 0.396 e. The molecule has 1 N–H and O–H groups in total. The average Bonchev–Trinajstić information content (AvgIpc) is 2.41. The molecule has 1 nitrogen and oxygen atoms in total. The molecule has 0 amide bonds. The summed E-state index contributed by atoms with van der Waals surface area (Å²) in [6.07, 6.45) is 0.595. The van der Waals surface area contributed by atoms with Crippen LogP contribution in [0.3, 0.4) is 0 Å². The number of aliphatic hydroxyl groups excluding tert-OH is 1. The second-order valence-electron chi connectivity index (χ2n) is 4.38. The minimum atomic E-state index is -0.433. The summed E-state index contributed by atoms with van der Waals surface area (Å²) in [5.41, 5.74) is 1.88. The topological polar surface area (TPSA) is 20.2 Å². The maximum atomic E-state index is 13.1. The number of benzene rings is 2. The molecule has 0 aliphatic rings. The van der Waals surface area contributed by atoms with Crippen LogP contribution in [-0.4, -0.2) is 11.7 Å². The van der Waals surface area contributed by atoms with Gasteiger partial charge in [0.05, 0.1) is 11.6 Å². The first-order valence-electron chi connectivity index (χ1n) is 5.90. The third-order valence-electron chi connectivity index (χ3n) is 3.03. The molecule has 19 heavy (non-hydrogen) atoms. The molecule has 1 atom stereocenters. The van der Waals surface area contributed by atoms with E-state index in [1.165, 1.54) is 6.07 Å². The lowest BCUT2D eigenvalue weighted by atomic mass is 9.93. The van der Waals surface area contributed by atoms with Crippen molar-refractivity contribution in [2.45, 2.75) is 12.3 Å². The Hall–Kier alpha value is -1.09. The zero-order chi connectivity index (χ0) is 13.8. The second kappa shape index (κ2) is 6.38. The van der Waals surface area contributed by atoms with E-state index in [9.17, 15) is 9.50 Å². The van der Waals surface area contributed by atoms with Crippen LogP contribution in [0.1, 0.15) is 17.0 Å². The molecular weight excluding hydrogens is 286 g/mol. The fourth-order valence-electron chi connectivity index (χ4n) is 1.97. The van der Waals surface area contributed by atoms with Gasteiger partial charge >= 0.3 is 0 Å². The molecule has 0 aliphatic heterocycles. The summed E-state index contributed by atoms with van der Waals surface area (Å²) in [6.45, 7) is 0.0105. The summed E-state index contributed by atoms with van der Waals surface area (Å²) in [6, 6.07) is 12.0. The SMILES string of the molecule is OCC(Cc1ccc(F)c(Cl)c1)c1ccc(Cl)cc1. The highest BCUT2D eigenvalue weighted by atomic mass is 35.5. The summed E-state index contributed by atoms with van der Waals surface area (Å²) in [5.74, 6) is -0.490. The Morgan fingerprint density at radius 3 is 2.32 bits per heavy atom. The van der Waals surface area contributed by atoms with E-state index in [4.69, 9.17) is 23.2 Å². The minimum absolute atomic E-state index is 0.0105. The van der Waals surface area contributed by atoms with Gasteiger partial charge in [0.1, 0.15) is 5.82 Å². The fraction of sp³-hybridized carbons (Fsp3) is 0.200. The monoisotopic (exact) mass is 298 g/mol. The van der Waals surface area contributed by atoms with Gasteiger partial charge in [-0.2, -0.15) is 0 Å². The van der Waals surface area contributed by atoms with Gasteiger partial charge in [-0.15, -0.1) is 0 Å². The summed E-state index contributed by atoms with van der Waals surface area (Å²) in [7, 11) is 0. The van der Waals surface area contributed by atoms with Crippen molar-refractivity contribution in [3.63, 3.8) is 0 Å². The van der Waals surface area contributed by atoms with Gasteiger partial charge in [-0.3, -0.25) is 0 Å². The third kappa shape index (κ3) is 3.69. The predicted molar refractivity (Wildman–Crippen MR) is 76.4 cm³/mol. The molecule has 0 saturated carbocycles. The second-order valence-corrected chi connectivity index (χ2v) is 5.23. The highest BCUT2D eigenvalue weighted by Gasteiger charge is 2.12. The lowest BCUT2D eigenvalue weighted by Crippen LogP contribution is -2.07. The summed E-state index contributed by atoms with van der Waals surface area (Å²) in [5, 5.41) is 10.3. The van der Waals surface area contributed by atoms with Crippen molar-refractivity contribution in [1.82, 2.24) is 0 Å². The molecule has 0 spiro atoms. The zero-order valence-corrected chi connectivity index (χ0v) is 11.6. The third-order valence-corrected chi connectivity index (χ3v) is 3.57. The average molecular weight is 299 g/mol. The van der Waals surface area contributed by atoms with Crippen LogP contribution in [0.15, 0.2) is 42.5 Å². The number of aliphatic hydroxyl groups is 1. The first kappa shape index (κ1) is 14.3. The van der Waals surface area contributed by atoms with Crippen molar-refractivity contribution >= 4 is 23.2 Å². The van der Waals surface area contributed by atoms with Crippen LogP contribution in [0.4, 0.5) is 4.39 Å². The molecule has 0 radical (unpaired) electrons. The molecule has 0 aliphatic carbocycles. The van der Waals surface area contributed by atoms with Crippen molar-refractivity contribution < 1.29 is 9.50 Å². The molecule has 0 heterocycles. The summed E-state index contributed by atoms with van der Waals surface area (Å²) < 4.78 is 13.1. The summed E-state index contributed by atoms with van der Waals surface area (Å²) in [4.78, 5) is 0. The standard InChI is InChI=1S/C15H13Cl2FO/c16-13-4-2-11(3-5-13)12(9-19)7-10-1-6-15(18)14(17)8-10/h1-6,8,12,19H,7,9H2. The van der Waals surface area contributed by atoms with Gasteiger partial charge < -0.3 is 5.11 Å². The van der Waals surface area contributed by atoms with E-state index in [2.05, 4.69) is 0 Å². The van der Waals surface area contributed by atoms with Crippen molar-refractivity contribution in [1.29, 1.82) is 0 Å². The Bertz CT molecular complexity index is 555. The Morgan fingerprint density at radius 1 is 1.05 bits per heavy atom. The van der Waals surface area contributed by atoms with Crippen LogP contribution < -0.4 is 0 Å². The quantitative estimate of drug-likeness (QED) is 0.884. The van der Waals surface area contributed by atoms with Crippen molar-refractivity contribution in [2.75, 3.05) is 6.61 Å². The highest BCUT2D eigenvalue weighted by Crippen LogP contribution is 2.24. The van der Waals surface area contributed by atoms with E-state index in [1.54, 1.807) is 24.3 Å². The molecule has 2 rings (SSSR count). The Morgan fingerprint density at radius 2 is 1.74 bits per heavy atom. The van der Waals surface area contributed by atoms with Crippen molar-refractivity contribution in [3.8, 4) is 0 Å². The number of halogens is 3. The van der Waals surface area contributed by atoms with E-state index in [1.807, 2.05) is 12.1 Å². The molecule has 2 aromatic rings. The predicted octanol–water partition coefficient (Wildman–Crippen LogP) is 4.45. The van der Waals surface area contributed by atoms with Crippen molar-refractivity contribution in [3.05, 3.63) is 69.5 Å². The van der Waals surface area contributed by atoms with Crippen LogP contribution in [-0.2, 0) is 6.42 Å². The number of hydrogen-bond donors (Lipinski definition) is 1. The Labute approximate surface area is 121 Å². The first-order chi connectivity index (χ1) is 9.10. The molecule has 100 valence electrons. The molecule has 4 heteroatoms. The maximum Gasteiger partial charge on any atom is 0.141 e. The lowest BCUT2D eigenvalue weighted by Gasteiger charge is -2.15. The van der Waals surface area contributed by atoms with E-state index in [-0.39, 0.29) is 17.5 Å². The minimum Gasteiger partial charge on any atom is -0.396 e. The van der Waals surface area contributed by atoms with Gasteiger partial charge in [-0.05, 0) is 41.8 Å². The highest BCUT2D eigenvalue weighted by molar-refractivity contribution is 6.31. The zero-order valence-electron chi connectivity index (χ0n) is 10.1. The molecule has 0 fully saturated rings. The maximum absolute atomic E-state index is 13.1. The molecule has 0 saturated heterocycles. The van der Waals surface area contributed by atoms with Gasteiger partial charge in [0.25, 0.3) is 0 Å². The van der Waals surface area contributed by atoms with Crippen LogP contribution in [0, 0.1) is 5.82 Å². The summed E-state index contributed by atoms with van der Waals surface area (Å²) >= 11 is 11.6. The molecule has 1 unspecified atom stereocenters. The van der Waals surface area contributed by atoms with E-state index in [0.29, 0.717) is 11.4 Å². The number of hydrogen-bond acceptors (Lipinski definition) is 1. The van der Waals surface area contributed by atoms with Gasteiger partial charge in [0.15, 0.2) is 0 Å². The van der Waals surface area contributed by atoms with Crippen LogP contribution >= 0.6 is 23.2 Å². The van der Waals surface area contributed by atoms with Gasteiger partial charge in [-0.1, -0.05) is 41.4 Å². The van der Waals surface area contributed by atoms with E-state index in [0.717, 1.165) is 11.1 Å². The van der Waals surface area contributed by atoms with Crippen LogP contribution in [0.5, 0.6) is 0 Å². The molecule has 2 aromatic carbocycles. The fourth-order valence-corrected chi connectivity index (χ4v) is 2.30. The van der Waals surface area contributed by atoms with Gasteiger partial charge in [0, 0.05) is 10.9 Å².